The number of nitrogens with one attached hydrogen (secondary N) is 1. The lowest BCUT2D eigenvalue weighted by Crippen LogP contribution is -2.39. The van der Waals surface area contributed by atoms with Gasteiger partial charge in [-0.05, 0) is 18.2 Å². The van der Waals surface area contributed by atoms with Gasteiger partial charge in [0.25, 0.3) is 0 Å². The van der Waals surface area contributed by atoms with E-state index >= 15 is 0 Å². The van der Waals surface area contributed by atoms with E-state index in [-0.39, 0.29) is 22.6 Å². The molecule has 0 spiro atoms. The predicted octanol–water partition coefficient (Wildman–Crippen LogP) is 2.68. The molecule has 102 valence electrons. The molecule has 0 saturated carbocycles. The summed E-state index contributed by atoms with van der Waals surface area (Å²) in [6, 6.07) is 3.80. The number of ether oxygens (including phenoxy) is 1. The van der Waals surface area contributed by atoms with E-state index in [1.165, 1.54) is 25.3 Å². The molecule has 8 heteroatoms. The molecule has 1 rings (SSSR count). The fourth-order valence-corrected chi connectivity index (χ4v) is 3.42. The first-order chi connectivity index (χ1) is 8.40. The number of hydrogen-bond donors (Lipinski definition) is 1. The Morgan fingerprint density at radius 3 is 2.56 bits per heavy atom. The van der Waals surface area contributed by atoms with Crippen molar-refractivity contribution >= 4 is 49.2 Å². The number of methoxy groups -OCH3 is 1. The molecule has 1 unspecified atom stereocenters. The Morgan fingerprint density at radius 2 is 2.06 bits per heavy atom. The Kier molecular flexibility index (Phi) is 6.37. The summed E-state index contributed by atoms with van der Waals surface area (Å²) in [5, 5.41) is 0.952. The second kappa shape index (κ2) is 7.07. The van der Waals surface area contributed by atoms with Crippen LogP contribution in [0.2, 0.25) is 10.0 Å². The van der Waals surface area contributed by atoms with Gasteiger partial charge in [-0.1, -0.05) is 39.1 Å². The highest BCUT2D eigenvalue weighted by Crippen LogP contribution is 2.24. The second-order valence-electron chi connectivity index (χ2n) is 3.50. The smallest absolute Gasteiger partial charge is 0.240 e. The first-order valence-corrected chi connectivity index (χ1v) is 8.29. The SMILES string of the molecule is COCC(CBr)NS(=O)(=O)c1ccc(Cl)c(Cl)c1. The molecule has 0 aliphatic carbocycles. The summed E-state index contributed by atoms with van der Waals surface area (Å²) in [5.74, 6) is 0. The maximum atomic E-state index is 12.1. The molecule has 0 bridgehead atoms. The van der Waals surface area contributed by atoms with E-state index in [1.807, 2.05) is 0 Å². The van der Waals surface area contributed by atoms with Crippen LogP contribution in [0.1, 0.15) is 0 Å². The third-order valence-electron chi connectivity index (χ3n) is 2.08. The molecule has 0 fully saturated rings. The number of hydrogen-bond acceptors (Lipinski definition) is 3. The normalized spacial score (nSPS) is 13.6. The largest absolute Gasteiger partial charge is 0.383 e. The van der Waals surface area contributed by atoms with Crippen LogP contribution in [-0.4, -0.2) is 33.5 Å². The number of halogens is 3. The van der Waals surface area contributed by atoms with Gasteiger partial charge in [0.2, 0.25) is 10.0 Å². The van der Waals surface area contributed by atoms with Crippen LogP contribution in [0.25, 0.3) is 0 Å². The third kappa shape index (κ3) is 4.36. The van der Waals surface area contributed by atoms with Crippen molar-refractivity contribution in [2.45, 2.75) is 10.9 Å². The predicted molar refractivity (Wildman–Crippen MR) is 76.2 cm³/mol. The summed E-state index contributed by atoms with van der Waals surface area (Å²) in [6.45, 7) is 0.270. The van der Waals surface area contributed by atoms with E-state index in [1.54, 1.807) is 0 Å². The van der Waals surface area contributed by atoms with Crippen molar-refractivity contribution in [1.82, 2.24) is 4.72 Å². The number of alkyl halides is 1. The fourth-order valence-electron chi connectivity index (χ4n) is 1.24. The minimum atomic E-state index is -3.64. The highest BCUT2D eigenvalue weighted by atomic mass is 79.9. The monoisotopic (exact) mass is 375 g/mol. The number of rotatable bonds is 6. The first-order valence-electron chi connectivity index (χ1n) is 4.93. The summed E-state index contributed by atoms with van der Waals surface area (Å²) >= 11 is 14.7. The molecule has 1 aromatic rings. The van der Waals surface area contributed by atoms with Gasteiger partial charge < -0.3 is 4.74 Å². The van der Waals surface area contributed by atoms with Gasteiger partial charge in [0.15, 0.2) is 0 Å². The second-order valence-corrected chi connectivity index (χ2v) is 6.68. The zero-order chi connectivity index (χ0) is 13.8. The molecule has 1 N–H and O–H groups in total. The standard InChI is InChI=1S/C10H12BrCl2NO3S/c1-17-6-7(5-11)14-18(15,16)8-2-3-9(12)10(13)4-8/h2-4,7,14H,5-6H2,1H3. The van der Waals surface area contributed by atoms with E-state index in [2.05, 4.69) is 20.7 Å². The van der Waals surface area contributed by atoms with Gasteiger partial charge in [-0.2, -0.15) is 0 Å². The molecule has 0 aromatic heterocycles. The fraction of sp³-hybridized carbons (Fsp3) is 0.400. The Hall–Kier alpha value is 0.150. The van der Waals surface area contributed by atoms with Crippen molar-refractivity contribution in [3.05, 3.63) is 28.2 Å². The van der Waals surface area contributed by atoms with Crippen LogP contribution in [0.5, 0.6) is 0 Å². The van der Waals surface area contributed by atoms with E-state index < -0.39 is 10.0 Å². The van der Waals surface area contributed by atoms with Crippen LogP contribution < -0.4 is 4.72 Å². The minimum absolute atomic E-state index is 0.0685. The number of sulfonamides is 1. The Labute approximate surface area is 125 Å². The van der Waals surface area contributed by atoms with Crippen LogP contribution in [0, 0.1) is 0 Å². The van der Waals surface area contributed by atoms with E-state index in [0.717, 1.165) is 0 Å². The lowest BCUT2D eigenvalue weighted by Gasteiger charge is -2.15. The van der Waals surface area contributed by atoms with Gasteiger partial charge in [0.1, 0.15) is 0 Å². The molecular formula is C10H12BrCl2NO3S. The molecule has 0 amide bonds. The Bertz CT molecular complexity index is 510. The van der Waals surface area contributed by atoms with Gasteiger partial charge in [0, 0.05) is 12.4 Å². The van der Waals surface area contributed by atoms with Crippen molar-refractivity contribution in [3.8, 4) is 0 Å². The molecule has 18 heavy (non-hydrogen) atoms. The average Bonchev–Trinajstić information content (AvgIpc) is 2.31. The van der Waals surface area contributed by atoms with Crippen LogP contribution in [0.4, 0.5) is 0 Å². The third-order valence-corrected chi connectivity index (χ3v) is 5.12. The Morgan fingerprint density at radius 1 is 1.39 bits per heavy atom. The maximum absolute atomic E-state index is 12.1. The lowest BCUT2D eigenvalue weighted by atomic mass is 10.4. The van der Waals surface area contributed by atoms with Gasteiger partial charge in [-0.3, -0.25) is 0 Å². The van der Waals surface area contributed by atoms with Crippen molar-refractivity contribution in [2.75, 3.05) is 19.0 Å². The molecule has 1 atom stereocenters. The van der Waals surface area contributed by atoms with Crippen molar-refractivity contribution in [3.63, 3.8) is 0 Å². The summed E-state index contributed by atoms with van der Waals surface area (Å²) in [5.41, 5.74) is 0. The van der Waals surface area contributed by atoms with Crippen LogP contribution in [0.15, 0.2) is 23.1 Å². The summed E-state index contributed by atoms with van der Waals surface area (Å²) < 4.78 is 31.5. The number of benzene rings is 1. The van der Waals surface area contributed by atoms with Crippen LogP contribution >= 0.6 is 39.1 Å². The maximum Gasteiger partial charge on any atom is 0.240 e. The highest BCUT2D eigenvalue weighted by molar-refractivity contribution is 9.09. The molecule has 0 radical (unpaired) electrons. The molecule has 0 heterocycles. The van der Waals surface area contributed by atoms with E-state index in [0.29, 0.717) is 10.4 Å². The average molecular weight is 377 g/mol. The van der Waals surface area contributed by atoms with Crippen molar-refractivity contribution < 1.29 is 13.2 Å². The molecule has 1 aromatic carbocycles. The van der Waals surface area contributed by atoms with Gasteiger partial charge in [0.05, 0.1) is 27.6 Å². The van der Waals surface area contributed by atoms with E-state index in [9.17, 15) is 8.42 Å². The lowest BCUT2D eigenvalue weighted by molar-refractivity contribution is 0.182. The summed E-state index contributed by atoms with van der Waals surface area (Å²) in [6.07, 6.45) is 0. The molecular weight excluding hydrogens is 365 g/mol. The van der Waals surface area contributed by atoms with Crippen LogP contribution in [0.3, 0.4) is 0 Å². The topological polar surface area (TPSA) is 55.4 Å². The summed E-state index contributed by atoms with van der Waals surface area (Å²) in [7, 11) is -2.13. The molecule has 4 nitrogen and oxygen atoms in total. The first kappa shape index (κ1) is 16.2. The molecule has 0 aliphatic rings. The van der Waals surface area contributed by atoms with Crippen molar-refractivity contribution in [1.29, 1.82) is 0 Å². The highest BCUT2D eigenvalue weighted by Gasteiger charge is 2.20. The van der Waals surface area contributed by atoms with Crippen LogP contribution in [-0.2, 0) is 14.8 Å². The molecule has 0 aliphatic heterocycles. The van der Waals surface area contributed by atoms with Gasteiger partial charge in [-0.25, -0.2) is 13.1 Å². The zero-order valence-corrected chi connectivity index (χ0v) is 13.4. The molecule has 0 saturated heterocycles. The zero-order valence-electron chi connectivity index (χ0n) is 9.49. The van der Waals surface area contributed by atoms with E-state index in [4.69, 9.17) is 27.9 Å². The quantitative estimate of drug-likeness (QED) is 0.776. The van der Waals surface area contributed by atoms with Gasteiger partial charge >= 0.3 is 0 Å². The van der Waals surface area contributed by atoms with Crippen molar-refractivity contribution in [2.24, 2.45) is 0 Å². The summed E-state index contributed by atoms with van der Waals surface area (Å²) in [4.78, 5) is 0.0685. The Balaban J connectivity index is 2.95. The minimum Gasteiger partial charge on any atom is -0.383 e. The van der Waals surface area contributed by atoms with Gasteiger partial charge in [-0.15, -0.1) is 0 Å².